The summed E-state index contributed by atoms with van der Waals surface area (Å²) in [6, 6.07) is 4.23. The standard InChI is InChI=1S/C17H19NO3.C3H6/c1-18-7-6-17-10-3-5-13(20)16(17)21-15-12(19)4-2-9(14(15)17)8-11(10)18;1-3-2/h2-5,10-11,13,16,19-20H,6-8H2,1H3;3H,1H2,2H3/t10-,11+,13-,16-,17-;/m0./s1. The van der Waals surface area contributed by atoms with Crippen LogP contribution in [0.1, 0.15) is 24.5 Å². The molecule has 5 rings (SSSR count). The highest BCUT2D eigenvalue weighted by molar-refractivity contribution is 5.61. The van der Waals surface area contributed by atoms with Crippen molar-refractivity contribution in [1.82, 2.24) is 4.90 Å². The van der Waals surface area contributed by atoms with Gasteiger partial charge in [-0.05, 0) is 45.0 Å². The highest BCUT2D eigenvalue weighted by atomic mass is 16.5. The average Bonchev–Trinajstić information content (AvgIpc) is 2.91. The van der Waals surface area contributed by atoms with Crippen LogP contribution in [0.2, 0.25) is 0 Å². The molecule has 2 heterocycles. The molecule has 1 aromatic rings. The fraction of sp³-hybridized carbons (Fsp3) is 0.500. The zero-order valence-corrected chi connectivity index (χ0v) is 14.3. The molecule has 4 nitrogen and oxygen atoms in total. The number of benzene rings is 1. The molecule has 0 saturated carbocycles. The third-order valence-electron chi connectivity index (χ3n) is 6.15. The molecule has 5 atom stereocenters. The van der Waals surface area contributed by atoms with Crippen LogP contribution in [0.15, 0.2) is 36.9 Å². The van der Waals surface area contributed by atoms with Crippen LogP contribution in [-0.4, -0.2) is 47.0 Å². The molecule has 1 aromatic carbocycles. The number of phenolic OH excluding ortho intramolecular Hbond substituents is 1. The molecule has 0 unspecified atom stereocenters. The van der Waals surface area contributed by atoms with Crippen molar-refractivity contribution in [2.45, 2.75) is 43.4 Å². The number of likely N-dealkylation sites (tertiary alicyclic amines) is 1. The minimum Gasteiger partial charge on any atom is -0.504 e. The van der Waals surface area contributed by atoms with Crippen LogP contribution in [0.3, 0.4) is 0 Å². The van der Waals surface area contributed by atoms with Crippen LogP contribution in [0.5, 0.6) is 11.5 Å². The molecule has 0 amide bonds. The minimum absolute atomic E-state index is 0.160. The number of rotatable bonds is 0. The van der Waals surface area contributed by atoms with Gasteiger partial charge in [0.1, 0.15) is 12.2 Å². The zero-order valence-electron chi connectivity index (χ0n) is 14.3. The maximum Gasteiger partial charge on any atom is 0.165 e. The second-order valence-corrected chi connectivity index (χ2v) is 7.34. The van der Waals surface area contributed by atoms with Crippen LogP contribution in [0.4, 0.5) is 0 Å². The van der Waals surface area contributed by atoms with E-state index in [1.165, 1.54) is 11.1 Å². The lowest BCUT2D eigenvalue weighted by Crippen LogP contribution is -2.64. The molecule has 0 radical (unpaired) electrons. The summed E-state index contributed by atoms with van der Waals surface area (Å²) in [6.07, 6.45) is 6.93. The van der Waals surface area contributed by atoms with E-state index in [-0.39, 0.29) is 17.3 Å². The van der Waals surface area contributed by atoms with E-state index in [9.17, 15) is 10.2 Å². The number of piperidine rings is 1. The third-order valence-corrected chi connectivity index (χ3v) is 6.15. The van der Waals surface area contributed by atoms with Crippen molar-refractivity contribution >= 4 is 0 Å². The van der Waals surface area contributed by atoms with Crippen LogP contribution in [0, 0.1) is 5.92 Å². The topological polar surface area (TPSA) is 52.9 Å². The summed E-state index contributed by atoms with van der Waals surface area (Å²) in [5.41, 5.74) is 2.29. The van der Waals surface area contributed by atoms with E-state index in [0.717, 1.165) is 19.4 Å². The summed E-state index contributed by atoms with van der Waals surface area (Å²) in [5, 5.41) is 20.6. The van der Waals surface area contributed by atoms with Crippen LogP contribution in [-0.2, 0) is 11.8 Å². The van der Waals surface area contributed by atoms with Crippen molar-refractivity contribution < 1.29 is 14.9 Å². The molecule has 4 heteroatoms. The van der Waals surface area contributed by atoms with Gasteiger partial charge in [0.2, 0.25) is 0 Å². The van der Waals surface area contributed by atoms with Crippen molar-refractivity contribution in [3.8, 4) is 11.5 Å². The van der Waals surface area contributed by atoms with Gasteiger partial charge in [0, 0.05) is 22.9 Å². The summed E-state index contributed by atoms with van der Waals surface area (Å²) in [5.74, 6) is 1.19. The number of allylic oxidation sites excluding steroid dienone is 1. The molecule has 1 fully saturated rings. The van der Waals surface area contributed by atoms with Gasteiger partial charge in [-0.2, -0.15) is 0 Å². The number of phenols is 1. The fourth-order valence-corrected chi connectivity index (χ4v) is 5.24. The third kappa shape index (κ3) is 1.81. The average molecular weight is 327 g/mol. The van der Waals surface area contributed by atoms with E-state index in [4.69, 9.17) is 4.74 Å². The molecule has 2 bridgehead atoms. The van der Waals surface area contributed by atoms with Crippen molar-refractivity contribution in [3.63, 3.8) is 0 Å². The first kappa shape index (κ1) is 15.7. The molecule has 1 spiro atoms. The Kier molecular flexibility index (Phi) is 3.52. The lowest BCUT2D eigenvalue weighted by molar-refractivity contribution is -0.0453. The number of ether oxygens (including phenoxy) is 1. The fourth-order valence-electron chi connectivity index (χ4n) is 5.24. The number of aliphatic hydroxyl groups is 1. The van der Waals surface area contributed by atoms with E-state index in [1.54, 1.807) is 12.1 Å². The number of hydrogen-bond donors (Lipinski definition) is 2. The molecule has 2 aliphatic carbocycles. The molecule has 2 N–H and O–H groups in total. The van der Waals surface area contributed by atoms with E-state index in [2.05, 4.69) is 24.6 Å². The summed E-state index contributed by atoms with van der Waals surface area (Å²) < 4.78 is 6.09. The van der Waals surface area contributed by atoms with Gasteiger partial charge >= 0.3 is 0 Å². The number of likely N-dealkylation sites (N-methyl/N-ethyl adjacent to an activating group) is 1. The first-order valence-corrected chi connectivity index (χ1v) is 8.70. The summed E-state index contributed by atoms with van der Waals surface area (Å²) in [7, 11) is 2.19. The molecular weight excluding hydrogens is 302 g/mol. The molecule has 1 saturated heterocycles. The van der Waals surface area contributed by atoms with Gasteiger partial charge in [-0.3, -0.25) is 0 Å². The molecule has 2 aliphatic heterocycles. The zero-order chi connectivity index (χ0) is 17.1. The number of aliphatic hydroxyl groups excluding tert-OH is 1. The first-order valence-electron chi connectivity index (χ1n) is 8.70. The number of nitrogens with zero attached hydrogens (tertiary/aromatic N) is 1. The van der Waals surface area contributed by atoms with Gasteiger partial charge in [-0.1, -0.05) is 24.3 Å². The van der Waals surface area contributed by atoms with E-state index in [0.29, 0.717) is 17.7 Å². The van der Waals surface area contributed by atoms with Gasteiger partial charge in [0.25, 0.3) is 0 Å². The lowest BCUT2D eigenvalue weighted by atomic mass is 9.53. The van der Waals surface area contributed by atoms with Gasteiger partial charge in [0.05, 0.1) is 0 Å². The Labute approximate surface area is 143 Å². The second kappa shape index (κ2) is 5.36. The smallest absolute Gasteiger partial charge is 0.165 e. The quantitative estimate of drug-likeness (QED) is 0.719. The Hall–Kier alpha value is -1.78. The Morgan fingerprint density at radius 1 is 1.38 bits per heavy atom. The monoisotopic (exact) mass is 327 g/mol. The number of aromatic hydroxyl groups is 1. The van der Waals surface area contributed by atoms with E-state index < -0.39 is 6.10 Å². The molecular formula is C20H25NO3. The Bertz CT molecular complexity index is 713. The van der Waals surface area contributed by atoms with Gasteiger partial charge < -0.3 is 19.8 Å². The Morgan fingerprint density at radius 3 is 2.88 bits per heavy atom. The first-order chi connectivity index (χ1) is 11.5. The Morgan fingerprint density at radius 2 is 2.12 bits per heavy atom. The lowest BCUT2D eigenvalue weighted by Gasteiger charge is -2.56. The number of hydrogen-bond acceptors (Lipinski definition) is 4. The maximum atomic E-state index is 10.4. The molecule has 0 aromatic heterocycles. The highest BCUT2D eigenvalue weighted by Crippen LogP contribution is 2.62. The van der Waals surface area contributed by atoms with Crippen LogP contribution in [0.25, 0.3) is 0 Å². The SMILES string of the molecule is C=CC.CN1CC[C@]23c4c5ccc(O)c4O[C@H]2[C@@H](O)C=C[C@H]3[C@H]1C5. The second-order valence-electron chi connectivity index (χ2n) is 7.34. The van der Waals surface area contributed by atoms with Gasteiger partial charge in [-0.25, -0.2) is 0 Å². The largest absolute Gasteiger partial charge is 0.504 e. The van der Waals surface area contributed by atoms with Gasteiger partial charge in [-0.15, -0.1) is 6.58 Å². The predicted molar refractivity (Wildman–Crippen MR) is 93.4 cm³/mol. The summed E-state index contributed by atoms with van der Waals surface area (Å²) >= 11 is 0. The minimum atomic E-state index is -0.594. The van der Waals surface area contributed by atoms with Gasteiger partial charge in [0.15, 0.2) is 11.5 Å². The van der Waals surface area contributed by atoms with Crippen LogP contribution < -0.4 is 4.74 Å². The summed E-state index contributed by atoms with van der Waals surface area (Å²) in [4.78, 5) is 2.43. The molecule has 24 heavy (non-hydrogen) atoms. The van der Waals surface area contributed by atoms with Crippen molar-refractivity contribution in [2.75, 3.05) is 13.6 Å². The molecule has 128 valence electrons. The van der Waals surface area contributed by atoms with E-state index in [1.807, 2.05) is 19.1 Å². The van der Waals surface area contributed by atoms with Crippen molar-refractivity contribution in [3.05, 3.63) is 48.1 Å². The van der Waals surface area contributed by atoms with E-state index >= 15 is 0 Å². The van der Waals surface area contributed by atoms with Crippen molar-refractivity contribution in [1.29, 1.82) is 0 Å². The molecule has 4 aliphatic rings. The highest BCUT2D eigenvalue weighted by Gasteiger charge is 2.64. The Balaban J connectivity index is 0.000000455. The maximum absolute atomic E-state index is 10.4. The van der Waals surface area contributed by atoms with Crippen molar-refractivity contribution in [2.24, 2.45) is 5.92 Å². The summed E-state index contributed by atoms with van der Waals surface area (Å²) in [6.45, 7) is 6.26. The normalized spacial score (nSPS) is 37.8. The predicted octanol–water partition coefficient (Wildman–Crippen LogP) is 2.39. The van der Waals surface area contributed by atoms with Crippen LogP contribution >= 0.6 is 0 Å².